The van der Waals surface area contributed by atoms with Gasteiger partial charge < -0.3 is 9.64 Å². The molecule has 1 atom stereocenters. The SMILES string of the molecule is O=c1ccnc2n1CCC(C(F)(F)F)N2CCC1CCOCC1. The lowest BCUT2D eigenvalue weighted by molar-refractivity contribution is -0.152. The highest BCUT2D eigenvalue weighted by Gasteiger charge is 2.46. The second-order valence-electron chi connectivity index (χ2n) is 6.12. The maximum absolute atomic E-state index is 13.4. The second-order valence-corrected chi connectivity index (χ2v) is 6.12. The Morgan fingerprint density at radius 3 is 2.70 bits per heavy atom. The van der Waals surface area contributed by atoms with Crippen molar-refractivity contribution in [2.45, 2.75) is 44.4 Å². The summed E-state index contributed by atoms with van der Waals surface area (Å²) in [5.74, 6) is 0.501. The predicted molar refractivity (Wildman–Crippen MR) is 78.5 cm³/mol. The number of fused-ring (bicyclic) bond motifs is 1. The maximum atomic E-state index is 13.4. The van der Waals surface area contributed by atoms with E-state index < -0.39 is 12.2 Å². The summed E-state index contributed by atoms with van der Waals surface area (Å²) in [4.78, 5) is 17.2. The van der Waals surface area contributed by atoms with Crippen molar-refractivity contribution in [3.8, 4) is 0 Å². The minimum atomic E-state index is -4.32. The van der Waals surface area contributed by atoms with Gasteiger partial charge in [0.15, 0.2) is 0 Å². The molecule has 3 heterocycles. The zero-order valence-corrected chi connectivity index (χ0v) is 12.8. The van der Waals surface area contributed by atoms with Crippen molar-refractivity contribution in [1.29, 1.82) is 0 Å². The first kappa shape index (κ1) is 16.3. The standard InChI is InChI=1S/C15H20F3N3O2/c16-15(17,18)12-3-8-21-13(22)1-6-19-14(21)20(12)7-2-11-4-9-23-10-5-11/h1,6,11-12H,2-5,7-10H2. The number of alkyl halides is 3. The van der Waals surface area contributed by atoms with E-state index in [0.29, 0.717) is 25.6 Å². The van der Waals surface area contributed by atoms with Crippen molar-refractivity contribution >= 4 is 5.95 Å². The highest BCUT2D eigenvalue weighted by Crippen LogP contribution is 2.34. The molecule has 0 aliphatic carbocycles. The molecule has 0 N–H and O–H groups in total. The van der Waals surface area contributed by atoms with Gasteiger partial charge in [-0.3, -0.25) is 9.36 Å². The van der Waals surface area contributed by atoms with Gasteiger partial charge in [0, 0.05) is 38.6 Å². The van der Waals surface area contributed by atoms with Gasteiger partial charge in [-0.15, -0.1) is 0 Å². The summed E-state index contributed by atoms with van der Waals surface area (Å²) in [7, 11) is 0. The summed E-state index contributed by atoms with van der Waals surface area (Å²) in [6, 6.07) is -0.287. The van der Waals surface area contributed by atoms with Gasteiger partial charge in [0.1, 0.15) is 6.04 Å². The van der Waals surface area contributed by atoms with Gasteiger partial charge >= 0.3 is 6.18 Å². The second kappa shape index (κ2) is 6.51. The molecular weight excluding hydrogens is 311 g/mol. The van der Waals surface area contributed by atoms with E-state index in [1.165, 1.54) is 21.7 Å². The van der Waals surface area contributed by atoms with Crippen LogP contribution in [0.15, 0.2) is 17.1 Å². The van der Waals surface area contributed by atoms with Gasteiger partial charge in [-0.1, -0.05) is 0 Å². The van der Waals surface area contributed by atoms with E-state index in [1.54, 1.807) is 0 Å². The van der Waals surface area contributed by atoms with Crippen LogP contribution in [0.2, 0.25) is 0 Å². The van der Waals surface area contributed by atoms with Crippen LogP contribution in [-0.2, 0) is 11.3 Å². The Morgan fingerprint density at radius 1 is 1.26 bits per heavy atom. The van der Waals surface area contributed by atoms with E-state index in [4.69, 9.17) is 4.74 Å². The number of nitrogens with zero attached hydrogens (tertiary/aromatic N) is 3. The molecule has 1 saturated heterocycles. The summed E-state index contributed by atoms with van der Waals surface area (Å²) < 4.78 is 46.8. The molecule has 8 heteroatoms. The number of anilines is 1. The molecule has 1 aromatic rings. The molecule has 0 spiro atoms. The van der Waals surface area contributed by atoms with Gasteiger partial charge in [-0.05, 0) is 31.6 Å². The van der Waals surface area contributed by atoms with Crippen LogP contribution in [0.1, 0.15) is 25.7 Å². The molecule has 0 bridgehead atoms. The molecule has 5 nitrogen and oxygen atoms in total. The smallest absolute Gasteiger partial charge is 0.381 e. The molecule has 23 heavy (non-hydrogen) atoms. The maximum Gasteiger partial charge on any atom is 0.408 e. The summed E-state index contributed by atoms with van der Waals surface area (Å²) in [6.45, 7) is 1.65. The van der Waals surface area contributed by atoms with Crippen molar-refractivity contribution in [3.05, 3.63) is 22.6 Å². The van der Waals surface area contributed by atoms with Crippen LogP contribution in [-0.4, -0.2) is 41.5 Å². The normalized spacial score (nSPS) is 22.9. The molecule has 2 aliphatic heterocycles. The molecule has 0 amide bonds. The average Bonchev–Trinajstić information content (AvgIpc) is 2.53. The fourth-order valence-electron chi connectivity index (χ4n) is 3.36. The number of aromatic nitrogens is 2. The van der Waals surface area contributed by atoms with Crippen molar-refractivity contribution in [3.63, 3.8) is 0 Å². The van der Waals surface area contributed by atoms with E-state index in [1.807, 2.05) is 0 Å². The third kappa shape index (κ3) is 3.52. The Bertz CT molecular complexity index is 596. The first-order chi connectivity index (χ1) is 11.0. The highest BCUT2D eigenvalue weighted by atomic mass is 19.4. The van der Waals surface area contributed by atoms with Crippen LogP contribution in [0.25, 0.3) is 0 Å². The van der Waals surface area contributed by atoms with Crippen molar-refractivity contribution in [1.82, 2.24) is 9.55 Å². The Morgan fingerprint density at radius 2 is 2.00 bits per heavy atom. The largest absolute Gasteiger partial charge is 0.408 e. The van der Waals surface area contributed by atoms with Crippen LogP contribution in [0.3, 0.4) is 0 Å². The zero-order valence-electron chi connectivity index (χ0n) is 12.8. The minimum absolute atomic E-state index is 0.0555. The van der Waals surface area contributed by atoms with E-state index >= 15 is 0 Å². The molecular formula is C15H20F3N3O2. The van der Waals surface area contributed by atoms with Gasteiger partial charge in [0.25, 0.3) is 5.56 Å². The fraction of sp³-hybridized carbons (Fsp3) is 0.733. The number of hydrogen-bond acceptors (Lipinski definition) is 4. The monoisotopic (exact) mass is 331 g/mol. The van der Waals surface area contributed by atoms with Crippen LogP contribution >= 0.6 is 0 Å². The molecule has 0 aromatic carbocycles. The lowest BCUT2D eigenvalue weighted by Crippen LogP contribution is -2.52. The topological polar surface area (TPSA) is 47.4 Å². The van der Waals surface area contributed by atoms with Gasteiger partial charge in [-0.2, -0.15) is 13.2 Å². The van der Waals surface area contributed by atoms with Crippen LogP contribution in [0.5, 0.6) is 0 Å². The van der Waals surface area contributed by atoms with Crippen molar-refractivity contribution in [2.75, 3.05) is 24.7 Å². The summed E-state index contributed by atoms with van der Waals surface area (Å²) in [6.07, 6.45) is -0.751. The van der Waals surface area contributed by atoms with E-state index in [-0.39, 0.29) is 31.0 Å². The number of rotatable bonds is 3. The predicted octanol–water partition coefficient (Wildman–Crippen LogP) is 2.20. The van der Waals surface area contributed by atoms with Crippen LogP contribution < -0.4 is 10.5 Å². The molecule has 0 saturated carbocycles. The number of halogens is 3. The minimum Gasteiger partial charge on any atom is -0.381 e. The Kier molecular flexibility index (Phi) is 4.61. The Labute approximate surface area is 132 Å². The van der Waals surface area contributed by atoms with Gasteiger partial charge in [0.05, 0.1) is 0 Å². The number of ether oxygens (including phenoxy) is 1. The average molecular weight is 331 g/mol. The molecule has 0 radical (unpaired) electrons. The zero-order chi connectivity index (χ0) is 16.4. The van der Waals surface area contributed by atoms with Crippen molar-refractivity contribution in [2.24, 2.45) is 5.92 Å². The highest BCUT2D eigenvalue weighted by molar-refractivity contribution is 5.35. The molecule has 3 rings (SSSR count). The first-order valence-corrected chi connectivity index (χ1v) is 7.94. The van der Waals surface area contributed by atoms with Gasteiger partial charge in [0.2, 0.25) is 5.95 Å². The first-order valence-electron chi connectivity index (χ1n) is 7.94. The molecule has 1 fully saturated rings. The Hall–Kier alpha value is -1.57. The molecule has 1 unspecified atom stereocenters. The quantitative estimate of drug-likeness (QED) is 0.852. The van der Waals surface area contributed by atoms with Crippen LogP contribution in [0.4, 0.5) is 19.1 Å². The van der Waals surface area contributed by atoms with E-state index in [9.17, 15) is 18.0 Å². The summed E-state index contributed by atoms with van der Waals surface area (Å²) in [5, 5.41) is 0. The molecule has 2 aliphatic rings. The fourth-order valence-corrected chi connectivity index (χ4v) is 3.36. The van der Waals surface area contributed by atoms with Gasteiger partial charge in [-0.25, -0.2) is 4.98 Å². The van der Waals surface area contributed by atoms with E-state index in [2.05, 4.69) is 4.98 Å². The van der Waals surface area contributed by atoms with Crippen LogP contribution in [0, 0.1) is 5.92 Å². The molecule has 128 valence electrons. The third-order valence-corrected chi connectivity index (χ3v) is 4.67. The number of hydrogen-bond donors (Lipinski definition) is 0. The lowest BCUT2D eigenvalue weighted by Gasteiger charge is -2.39. The lowest BCUT2D eigenvalue weighted by atomic mass is 9.96. The molecule has 1 aromatic heterocycles. The summed E-state index contributed by atoms with van der Waals surface area (Å²) >= 11 is 0. The third-order valence-electron chi connectivity index (χ3n) is 4.67. The van der Waals surface area contributed by atoms with Crippen molar-refractivity contribution < 1.29 is 17.9 Å². The Balaban J connectivity index is 1.82. The summed E-state index contributed by atoms with van der Waals surface area (Å²) in [5.41, 5.74) is -0.299. The van der Waals surface area contributed by atoms with E-state index in [0.717, 1.165) is 12.8 Å².